The Hall–Kier alpha value is -2.98. The van der Waals surface area contributed by atoms with E-state index in [-0.39, 0.29) is 22.7 Å². The number of anilines is 1. The Morgan fingerprint density at radius 2 is 1.76 bits per heavy atom. The van der Waals surface area contributed by atoms with Gasteiger partial charge in [-0.25, -0.2) is 17.9 Å². The Morgan fingerprint density at radius 3 is 2.34 bits per heavy atom. The number of nitrogens with one attached hydrogen (secondary N) is 2. The van der Waals surface area contributed by atoms with E-state index in [9.17, 15) is 22.8 Å². The summed E-state index contributed by atoms with van der Waals surface area (Å²) in [7, 11) is -3.83. The summed E-state index contributed by atoms with van der Waals surface area (Å²) in [5.41, 5.74) is 0.933. The molecule has 0 spiro atoms. The van der Waals surface area contributed by atoms with Gasteiger partial charge in [0.2, 0.25) is 10.9 Å². The number of rotatable bonds is 8. The van der Waals surface area contributed by atoms with Gasteiger partial charge in [-0.3, -0.25) is 9.59 Å². The van der Waals surface area contributed by atoms with E-state index in [0.717, 1.165) is 18.9 Å². The van der Waals surface area contributed by atoms with Gasteiger partial charge in [-0.1, -0.05) is 0 Å². The number of amides is 1. The van der Waals surface area contributed by atoms with Gasteiger partial charge in [0.1, 0.15) is 0 Å². The number of hydrogen-bond acceptors (Lipinski definition) is 7. The topological polar surface area (TPSA) is 132 Å². The van der Waals surface area contributed by atoms with Crippen molar-refractivity contribution in [1.29, 1.82) is 0 Å². The molecule has 1 atom stereocenters. The molecule has 29 heavy (non-hydrogen) atoms. The van der Waals surface area contributed by atoms with Crippen molar-refractivity contribution in [3.05, 3.63) is 47.7 Å². The summed E-state index contributed by atoms with van der Waals surface area (Å²) in [6.45, 7) is 2.80. The second-order valence-corrected chi connectivity index (χ2v) is 8.33. The standard InChI is InChI=1S/C19H20N2O7S/c1-11(22)13-3-5-14(6-4-13)20-18(23)12(2)27-19(24)16-9-10-17(28-16)29(25,26)21-15-7-8-15/h3-6,9-10,12,15,21H,7-8H2,1-2H3,(H,20,23). The van der Waals surface area contributed by atoms with E-state index in [1.165, 1.54) is 19.9 Å². The highest BCUT2D eigenvalue weighted by molar-refractivity contribution is 7.89. The number of furan rings is 1. The zero-order chi connectivity index (χ0) is 21.2. The molecule has 0 saturated heterocycles. The summed E-state index contributed by atoms with van der Waals surface area (Å²) in [5.74, 6) is -1.99. The van der Waals surface area contributed by atoms with Gasteiger partial charge in [-0.05, 0) is 63.1 Å². The fourth-order valence-electron chi connectivity index (χ4n) is 2.36. The molecule has 1 aromatic carbocycles. The minimum absolute atomic E-state index is 0.0997. The number of ketones is 1. The summed E-state index contributed by atoms with van der Waals surface area (Å²) < 4.78 is 36.7. The van der Waals surface area contributed by atoms with E-state index in [4.69, 9.17) is 9.15 Å². The molecule has 1 aliphatic carbocycles. The number of sulfonamides is 1. The molecular formula is C19H20N2O7S. The van der Waals surface area contributed by atoms with Crippen molar-refractivity contribution in [3.8, 4) is 0 Å². The molecule has 3 rings (SSSR count). The molecule has 1 aromatic heterocycles. The fourth-order valence-corrected chi connectivity index (χ4v) is 3.59. The number of ether oxygens (including phenoxy) is 1. The van der Waals surface area contributed by atoms with Crippen LogP contribution in [0.1, 0.15) is 47.6 Å². The minimum Gasteiger partial charge on any atom is -0.447 e. The molecule has 1 fully saturated rings. The largest absolute Gasteiger partial charge is 0.447 e. The zero-order valence-corrected chi connectivity index (χ0v) is 16.6. The van der Waals surface area contributed by atoms with Crippen molar-refractivity contribution >= 4 is 33.4 Å². The first-order chi connectivity index (χ1) is 13.7. The van der Waals surface area contributed by atoms with Crippen LogP contribution in [0.3, 0.4) is 0 Å². The monoisotopic (exact) mass is 420 g/mol. The van der Waals surface area contributed by atoms with E-state index in [0.29, 0.717) is 11.3 Å². The maximum atomic E-state index is 12.2. The SMILES string of the molecule is CC(=O)c1ccc(NC(=O)C(C)OC(=O)c2ccc(S(=O)(=O)NC3CC3)o2)cc1. The van der Waals surface area contributed by atoms with Gasteiger partial charge in [0.05, 0.1) is 0 Å². The Kier molecular flexibility index (Phi) is 5.85. The Bertz CT molecular complexity index is 1040. The molecule has 10 heteroatoms. The molecule has 1 heterocycles. The summed E-state index contributed by atoms with van der Waals surface area (Å²) in [4.78, 5) is 35.6. The van der Waals surface area contributed by atoms with E-state index in [1.54, 1.807) is 24.3 Å². The number of esters is 1. The molecule has 2 aromatic rings. The molecule has 154 valence electrons. The van der Waals surface area contributed by atoms with Gasteiger partial charge < -0.3 is 14.5 Å². The molecule has 2 N–H and O–H groups in total. The molecule has 1 amide bonds. The normalized spacial score (nSPS) is 14.8. The number of Topliss-reactive ketones (excluding diaryl/α,β-unsaturated/α-hetero) is 1. The van der Waals surface area contributed by atoms with E-state index < -0.39 is 28.0 Å². The molecule has 1 saturated carbocycles. The second kappa shape index (κ2) is 8.18. The van der Waals surface area contributed by atoms with Gasteiger partial charge in [0.25, 0.3) is 15.9 Å². The van der Waals surface area contributed by atoms with Crippen LogP contribution in [0.5, 0.6) is 0 Å². The van der Waals surface area contributed by atoms with Gasteiger partial charge in [0, 0.05) is 17.3 Å². The first-order valence-electron chi connectivity index (χ1n) is 8.91. The fraction of sp³-hybridized carbons (Fsp3) is 0.316. The second-order valence-electron chi connectivity index (χ2n) is 6.68. The smallest absolute Gasteiger partial charge is 0.375 e. The Morgan fingerprint density at radius 1 is 1.10 bits per heavy atom. The van der Waals surface area contributed by atoms with Gasteiger partial charge in [-0.15, -0.1) is 0 Å². The molecule has 0 bridgehead atoms. The minimum atomic E-state index is -3.83. The summed E-state index contributed by atoms with van der Waals surface area (Å²) in [6.07, 6.45) is 0.363. The Labute approximate surface area is 167 Å². The van der Waals surface area contributed by atoms with Crippen molar-refractivity contribution in [2.75, 3.05) is 5.32 Å². The van der Waals surface area contributed by atoms with Crippen molar-refractivity contribution in [1.82, 2.24) is 4.72 Å². The van der Waals surface area contributed by atoms with Crippen LogP contribution in [0.4, 0.5) is 5.69 Å². The third kappa shape index (κ3) is 5.30. The van der Waals surface area contributed by atoms with Crippen molar-refractivity contribution in [2.24, 2.45) is 0 Å². The van der Waals surface area contributed by atoms with Crippen LogP contribution in [0.2, 0.25) is 0 Å². The maximum Gasteiger partial charge on any atom is 0.375 e. The van der Waals surface area contributed by atoms with E-state index in [2.05, 4.69) is 10.0 Å². The highest BCUT2D eigenvalue weighted by Gasteiger charge is 2.31. The quantitative estimate of drug-likeness (QED) is 0.494. The Balaban J connectivity index is 1.58. The maximum absolute atomic E-state index is 12.2. The number of hydrogen-bond donors (Lipinski definition) is 2. The molecule has 0 radical (unpaired) electrons. The van der Waals surface area contributed by atoms with Crippen molar-refractivity contribution < 1.29 is 32.0 Å². The lowest BCUT2D eigenvalue weighted by atomic mass is 10.1. The van der Waals surface area contributed by atoms with Crippen LogP contribution >= 0.6 is 0 Å². The van der Waals surface area contributed by atoms with Crippen LogP contribution < -0.4 is 10.0 Å². The van der Waals surface area contributed by atoms with Crippen LogP contribution in [0, 0.1) is 0 Å². The molecule has 9 nitrogen and oxygen atoms in total. The van der Waals surface area contributed by atoms with Gasteiger partial charge >= 0.3 is 5.97 Å². The number of carbonyl (C=O) groups is 3. The van der Waals surface area contributed by atoms with Crippen LogP contribution in [-0.4, -0.2) is 38.2 Å². The lowest BCUT2D eigenvalue weighted by Crippen LogP contribution is -2.30. The lowest BCUT2D eigenvalue weighted by Gasteiger charge is -2.13. The first-order valence-corrected chi connectivity index (χ1v) is 10.4. The summed E-state index contributed by atoms with van der Waals surface area (Å²) in [5, 5.41) is 2.17. The number of carbonyl (C=O) groups excluding carboxylic acids is 3. The highest BCUT2D eigenvalue weighted by atomic mass is 32.2. The molecule has 0 aliphatic heterocycles. The third-order valence-electron chi connectivity index (χ3n) is 4.16. The van der Waals surface area contributed by atoms with Gasteiger partial charge in [0.15, 0.2) is 11.9 Å². The van der Waals surface area contributed by atoms with E-state index >= 15 is 0 Å². The predicted molar refractivity (Wildman–Crippen MR) is 102 cm³/mol. The molecule has 1 aliphatic rings. The van der Waals surface area contributed by atoms with Crippen LogP contribution in [-0.2, 0) is 19.6 Å². The van der Waals surface area contributed by atoms with Crippen molar-refractivity contribution in [3.63, 3.8) is 0 Å². The van der Waals surface area contributed by atoms with Crippen LogP contribution in [0.15, 0.2) is 45.9 Å². The molecule has 1 unspecified atom stereocenters. The molecular weight excluding hydrogens is 400 g/mol. The summed E-state index contributed by atoms with van der Waals surface area (Å²) >= 11 is 0. The third-order valence-corrected chi connectivity index (χ3v) is 5.55. The number of benzene rings is 1. The van der Waals surface area contributed by atoms with E-state index in [1.807, 2.05) is 0 Å². The average Bonchev–Trinajstić information content (AvgIpc) is 3.31. The predicted octanol–water partition coefficient (Wildman–Crippen LogP) is 2.11. The summed E-state index contributed by atoms with van der Waals surface area (Å²) in [6, 6.07) is 8.47. The van der Waals surface area contributed by atoms with Gasteiger partial charge in [-0.2, -0.15) is 0 Å². The highest BCUT2D eigenvalue weighted by Crippen LogP contribution is 2.23. The van der Waals surface area contributed by atoms with Crippen LogP contribution in [0.25, 0.3) is 0 Å². The zero-order valence-electron chi connectivity index (χ0n) is 15.8. The van der Waals surface area contributed by atoms with Crippen molar-refractivity contribution in [2.45, 2.75) is 43.9 Å². The average molecular weight is 420 g/mol. The first kappa shape index (κ1) is 20.7. The lowest BCUT2D eigenvalue weighted by molar-refractivity contribution is -0.123.